The predicted molar refractivity (Wildman–Crippen MR) is 83.6 cm³/mol. The van der Waals surface area contributed by atoms with Crippen LogP contribution in [-0.2, 0) is 0 Å². The molecule has 4 rings (SSSR count). The molecular formula is C15H10ClN3S. The SMILES string of the molecule is Cc1ccc2c(c1)sc1nnc(-c3ccc(Cl)cc3)n12. The van der Waals surface area contributed by atoms with Gasteiger partial charge in [-0.25, -0.2) is 0 Å². The van der Waals surface area contributed by atoms with Crippen LogP contribution < -0.4 is 0 Å². The number of fused-ring (bicyclic) bond motifs is 3. The Kier molecular flexibility index (Phi) is 2.55. The fourth-order valence-corrected chi connectivity index (χ4v) is 3.51. The van der Waals surface area contributed by atoms with Crippen LogP contribution >= 0.6 is 22.9 Å². The van der Waals surface area contributed by atoms with E-state index in [1.165, 1.54) is 10.3 Å². The zero-order chi connectivity index (χ0) is 13.7. The van der Waals surface area contributed by atoms with E-state index in [1.807, 2.05) is 24.3 Å². The van der Waals surface area contributed by atoms with Gasteiger partial charge in [0, 0.05) is 10.6 Å². The van der Waals surface area contributed by atoms with Gasteiger partial charge in [0.15, 0.2) is 5.82 Å². The number of aryl methyl sites for hydroxylation is 1. The highest BCUT2D eigenvalue weighted by Crippen LogP contribution is 2.30. The van der Waals surface area contributed by atoms with E-state index in [-0.39, 0.29) is 0 Å². The summed E-state index contributed by atoms with van der Waals surface area (Å²) in [6.45, 7) is 2.10. The summed E-state index contributed by atoms with van der Waals surface area (Å²) in [5, 5.41) is 9.31. The van der Waals surface area contributed by atoms with Crippen LogP contribution in [0.2, 0.25) is 5.02 Å². The summed E-state index contributed by atoms with van der Waals surface area (Å²) in [7, 11) is 0. The molecule has 0 atom stereocenters. The number of hydrogen-bond donors (Lipinski definition) is 0. The molecule has 0 saturated heterocycles. The molecule has 5 heteroatoms. The van der Waals surface area contributed by atoms with Crippen LogP contribution in [0.5, 0.6) is 0 Å². The van der Waals surface area contributed by atoms with E-state index in [4.69, 9.17) is 11.6 Å². The van der Waals surface area contributed by atoms with Gasteiger partial charge in [0.2, 0.25) is 4.96 Å². The minimum atomic E-state index is 0.723. The van der Waals surface area contributed by atoms with Crippen LogP contribution in [0.15, 0.2) is 42.5 Å². The molecule has 0 aliphatic carbocycles. The first-order chi connectivity index (χ1) is 9.72. The third-order valence-electron chi connectivity index (χ3n) is 3.29. The van der Waals surface area contributed by atoms with E-state index >= 15 is 0 Å². The first-order valence-corrected chi connectivity index (χ1v) is 7.42. The maximum absolute atomic E-state index is 5.94. The van der Waals surface area contributed by atoms with Gasteiger partial charge in [-0.15, -0.1) is 10.2 Å². The third kappa shape index (κ3) is 1.72. The van der Waals surface area contributed by atoms with E-state index in [0.717, 1.165) is 26.9 Å². The Morgan fingerprint density at radius 1 is 1.05 bits per heavy atom. The maximum atomic E-state index is 5.94. The van der Waals surface area contributed by atoms with Crippen molar-refractivity contribution >= 4 is 38.1 Å². The molecule has 0 N–H and O–H groups in total. The number of rotatable bonds is 1. The second kappa shape index (κ2) is 4.30. The summed E-state index contributed by atoms with van der Waals surface area (Å²) in [6.07, 6.45) is 0. The van der Waals surface area contributed by atoms with Crippen molar-refractivity contribution in [2.24, 2.45) is 0 Å². The molecule has 0 aliphatic heterocycles. The van der Waals surface area contributed by atoms with Gasteiger partial charge in [-0.3, -0.25) is 4.40 Å². The van der Waals surface area contributed by atoms with Crippen molar-refractivity contribution in [1.29, 1.82) is 0 Å². The Balaban J connectivity index is 2.04. The molecule has 0 spiro atoms. The Labute approximate surface area is 124 Å². The molecule has 2 heterocycles. The number of nitrogens with zero attached hydrogens (tertiary/aromatic N) is 3. The summed E-state index contributed by atoms with van der Waals surface area (Å²) in [5.74, 6) is 0.853. The standard InChI is InChI=1S/C15H10ClN3S/c1-9-2-7-12-13(8-9)20-15-18-17-14(19(12)15)10-3-5-11(16)6-4-10/h2-8H,1H3. The molecule has 20 heavy (non-hydrogen) atoms. The predicted octanol–water partition coefficient (Wildman–Crippen LogP) is 4.57. The van der Waals surface area contributed by atoms with Gasteiger partial charge in [0.1, 0.15) is 0 Å². The maximum Gasteiger partial charge on any atom is 0.217 e. The summed E-state index contributed by atoms with van der Waals surface area (Å²) in [6, 6.07) is 14.1. The van der Waals surface area contributed by atoms with Gasteiger partial charge in [0.05, 0.1) is 10.2 Å². The van der Waals surface area contributed by atoms with E-state index < -0.39 is 0 Å². The van der Waals surface area contributed by atoms with Crippen molar-refractivity contribution in [2.45, 2.75) is 6.92 Å². The Hall–Kier alpha value is -1.91. The Bertz CT molecular complexity index is 922. The number of hydrogen-bond acceptors (Lipinski definition) is 3. The summed E-state index contributed by atoms with van der Waals surface area (Å²) in [5.41, 5.74) is 3.41. The zero-order valence-corrected chi connectivity index (χ0v) is 12.2. The molecule has 2 aromatic heterocycles. The van der Waals surface area contributed by atoms with Gasteiger partial charge < -0.3 is 0 Å². The highest BCUT2D eigenvalue weighted by atomic mass is 35.5. The zero-order valence-electron chi connectivity index (χ0n) is 10.7. The Morgan fingerprint density at radius 2 is 1.85 bits per heavy atom. The number of aromatic nitrogens is 3. The monoisotopic (exact) mass is 299 g/mol. The number of halogens is 1. The fourth-order valence-electron chi connectivity index (χ4n) is 2.33. The lowest BCUT2D eigenvalue weighted by Gasteiger charge is -2.00. The van der Waals surface area contributed by atoms with Gasteiger partial charge in [-0.2, -0.15) is 0 Å². The number of benzene rings is 2. The van der Waals surface area contributed by atoms with E-state index in [2.05, 4.69) is 39.7 Å². The molecule has 0 radical (unpaired) electrons. The molecule has 4 aromatic rings. The van der Waals surface area contributed by atoms with Crippen LogP contribution in [0, 0.1) is 6.92 Å². The van der Waals surface area contributed by atoms with Crippen molar-refractivity contribution in [3.8, 4) is 11.4 Å². The minimum Gasteiger partial charge on any atom is -0.265 e. The molecule has 0 saturated carbocycles. The van der Waals surface area contributed by atoms with Crippen LogP contribution in [0.4, 0.5) is 0 Å². The molecule has 98 valence electrons. The first-order valence-electron chi connectivity index (χ1n) is 6.22. The second-order valence-corrected chi connectivity index (χ2v) is 6.17. The number of thiazole rings is 1. The molecule has 3 nitrogen and oxygen atoms in total. The molecule has 2 aromatic carbocycles. The van der Waals surface area contributed by atoms with E-state index in [1.54, 1.807) is 11.3 Å². The first kappa shape index (κ1) is 11.9. The van der Waals surface area contributed by atoms with Crippen LogP contribution in [0.1, 0.15) is 5.56 Å². The lowest BCUT2D eigenvalue weighted by molar-refractivity contribution is 1.12. The molecule has 0 amide bonds. The topological polar surface area (TPSA) is 30.2 Å². The largest absolute Gasteiger partial charge is 0.265 e. The second-order valence-electron chi connectivity index (χ2n) is 4.72. The molecular weight excluding hydrogens is 290 g/mol. The van der Waals surface area contributed by atoms with Gasteiger partial charge in [-0.1, -0.05) is 29.0 Å². The van der Waals surface area contributed by atoms with Crippen molar-refractivity contribution in [2.75, 3.05) is 0 Å². The summed E-state index contributed by atoms with van der Waals surface area (Å²) >= 11 is 7.60. The van der Waals surface area contributed by atoms with Crippen LogP contribution in [0.3, 0.4) is 0 Å². The average Bonchev–Trinajstić information content (AvgIpc) is 2.98. The Morgan fingerprint density at radius 3 is 2.65 bits per heavy atom. The molecule has 0 aliphatic rings. The van der Waals surface area contributed by atoms with Crippen LogP contribution in [0.25, 0.3) is 26.6 Å². The normalized spacial score (nSPS) is 11.5. The molecule has 0 bridgehead atoms. The average molecular weight is 300 g/mol. The minimum absolute atomic E-state index is 0.723. The molecule has 0 fully saturated rings. The highest BCUT2D eigenvalue weighted by molar-refractivity contribution is 7.23. The highest BCUT2D eigenvalue weighted by Gasteiger charge is 2.13. The summed E-state index contributed by atoms with van der Waals surface area (Å²) < 4.78 is 3.33. The van der Waals surface area contributed by atoms with Crippen molar-refractivity contribution in [1.82, 2.24) is 14.6 Å². The fraction of sp³-hybridized carbons (Fsp3) is 0.0667. The summed E-state index contributed by atoms with van der Waals surface area (Å²) in [4.78, 5) is 0.913. The molecule has 0 unspecified atom stereocenters. The quantitative estimate of drug-likeness (QED) is 0.515. The van der Waals surface area contributed by atoms with Crippen molar-refractivity contribution in [3.63, 3.8) is 0 Å². The lowest BCUT2D eigenvalue weighted by atomic mass is 10.2. The smallest absolute Gasteiger partial charge is 0.217 e. The third-order valence-corrected chi connectivity index (χ3v) is 4.54. The van der Waals surface area contributed by atoms with E-state index in [0.29, 0.717) is 0 Å². The van der Waals surface area contributed by atoms with Crippen LogP contribution in [-0.4, -0.2) is 14.6 Å². The van der Waals surface area contributed by atoms with Crippen molar-refractivity contribution in [3.05, 3.63) is 53.1 Å². The van der Waals surface area contributed by atoms with Crippen molar-refractivity contribution < 1.29 is 0 Å². The van der Waals surface area contributed by atoms with Gasteiger partial charge in [-0.05, 0) is 48.9 Å². The van der Waals surface area contributed by atoms with E-state index in [9.17, 15) is 0 Å². The van der Waals surface area contributed by atoms with Gasteiger partial charge >= 0.3 is 0 Å². The lowest BCUT2D eigenvalue weighted by Crippen LogP contribution is -1.87. The van der Waals surface area contributed by atoms with Gasteiger partial charge in [0.25, 0.3) is 0 Å².